The van der Waals surface area contributed by atoms with Gasteiger partial charge in [-0.25, -0.2) is 4.39 Å². The van der Waals surface area contributed by atoms with Crippen molar-refractivity contribution in [2.24, 2.45) is 0 Å². The first-order valence-corrected chi connectivity index (χ1v) is 14.1. The molecule has 0 fully saturated rings. The summed E-state index contributed by atoms with van der Waals surface area (Å²) < 4.78 is 15.9. The first-order valence-electron chi connectivity index (χ1n) is 12.0. The minimum Gasteiger partial charge on any atom is -0.345 e. The summed E-state index contributed by atoms with van der Waals surface area (Å²) in [5, 5.41) is 12.2. The van der Waals surface area contributed by atoms with E-state index in [2.05, 4.69) is 15.5 Å². The number of aryl methyl sites for hydroxylation is 1. The Balaban J connectivity index is 1.39. The number of amides is 2. The van der Waals surface area contributed by atoms with Gasteiger partial charge in [-0.1, -0.05) is 70.8 Å². The van der Waals surface area contributed by atoms with Crippen LogP contribution >= 0.6 is 46.6 Å². The molecule has 3 aromatic carbocycles. The third-order valence-corrected chi connectivity index (χ3v) is 8.16. The molecule has 1 N–H and O–H groups in total. The van der Waals surface area contributed by atoms with Gasteiger partial charge in [0.1, 0.15) is 5.82 Å². The number of benzene rings is 3. The van der Waals surface area contributed by atoms with Crippen molar-refractivity contribution < 1.29 is 14.0 Å². The molecule has 0 saturated heterocycles. The fourth-order valence-corrected chi connectivity index (χ4v) is 5.74. The Bertz CT molecular complexity index is 1540. The van der Waals surface area contributed by atoms with E-state index in [9.17, 15) is 14.0 Å². The Kier molecular flexibility index (Phi) is 8.42. The van der Waals surface area contributed by atoms with Gasteiger partial charge in [0.05, 0.1) is 38.6 Å². The van der Waals surface area contributed by atoms with Crippen molar-refractivity contribution >= 4 is 64.1 Å². The lowest BCUT2D eigenvalue weighted by Gasteiger charge is -2.29. The van der Waals surface area contributed by atoms with Crippen LogP contribution in [0.15, 0.2) is 65.8 Å². The average Bonchev–Trinajstić information content (AvgIpc) is 3.34. The summed E-state index contributed by atoms with van der Waals surface area (Å²) in [5.41, 5.74) is 2.40. The number of nitrogens with one attached hydrogen (secondary N) is 1. The van der Waals surface area contributed by atoms with Gasteiger partial charge in [-0.05, 0) is 54.8 Å². The minimum atomic E-state index is -0.736. The molecule has 0 bridgehead atoms. The lowest BCUT2D eigenvalue weighted by atomic mass is 10.0. The molecule has 2 heterocycles. The molecule has 12 heteroatoms. The standard InChI is InChI=1S/C27H21Cl3FN5O2S/c28-18-11-10-17(13-20(18)30)36-23(14-32-26(38)25-19(29)7-3-8-21(25)31)33-34-27(36)39-15-24(37)35-12-4-6-16-5-1-2-9-22(16)35/h1-3,5,7-11,13H,4,6,12,14-15H2,(H,32,38). The van der Waals surface area contributed by atoms with Crippen LogP contribution in [0.2, 0.25) is 15.1 Å². The zero-order valence-corrected chi connectivity index (χ0v) is 23.4. The number of hydrogen-bond acceptors (Lipinski definition) is 5. The van der Waals surface area contributed by atoms with E-state index in [4.69, 9.17) is 34.8 Å². The predicted molar refractivity (Wildman–Crippen MR) is 152 cm³/mol. The van der Waals surface area contributed by atoms with Crippen LogP contribution in [-0.2, 0) is 17.8 Å². The first-order chi connectivity index (χ1) is 18.8. The van der Waals surface area contributed by atoms with E-state index in [1.54, 1.807) is 27.7 Å². The maximum Gasteiger partial charge on any atom is 0.256 e. The number of para-hydroxylation sites is 1. The monoisotopic (exact) mass is 603 g/mol. The second kappa shape index (κ2) is 12.0. The third-order valence-electron chi connectivity index (χ3n) is 6.19. The number of nitrogens with zero attached hydrogens (tertiary/aromatic N) is 4. The number of halogens is 4. The molecule has 0 aliphatic carbocycles. The number of aromatic nitrogens is 3. The Morgan fingerprint density at radius 1 is 0.974 bits per heavy atom. The van der Waals surface area contributed by atoms with Crippen LogP contribution in [0, 0.1) is 5.82 Å². The smallest absolute Gasteiger partial charge is 0.256 e. The Morgan fingerprint density at radius 2 is 1.79 bits per heavy atom. The lowest BCUT2D eigenvalue weighted by Crippen LogP contribution is -2.36. The van der Waals surface area contributed by atoms with Crippen LogP contribution in [0.3, 0.4) is 0 Å². The van der Waals surface area contributed by atoms with Crippen LogP contribution in [0.1, 0.15) is 28.2 Å². The summed E-state index contributed by atoms with van der Waals surface area (Å²) in [6.07, 6.45) is 1.83. The number of thioether (sulfide) groups is 1. The van der Waals surface area contributed by atoms with Crippen molar-refractivity contribution in [1.82, 2.24) is 20.1 Å². The van der Waals surface area contributed by atoms with Gasteiger partial charge in [0.15, 0.2) is 11.0 Å². The van der Waals surface area contributed by atoms with Crippen molar-refractivity contribution in [3.8, 4) is 5.69 Å². The van der Waals surface area contributed by atoms with Crippen LogP contribution < -0.4 is 10.2 Å². The highest BCUT2D eigenvalue weighted by Crippen LogP contribution is 2.31. The summed E-state index contributed by atoms with van der Waals surface area (Å²) in [6.45, 7) is 0.552. The van der Waals surface area contributed by atoms with E-state index in [-0.39, 0.29) is 28.8 Å². The molecule has 0 radical (unpaired) electrons. The summed E-state index contributed by atoms with van der Waals surface area (Å²) in [5.74, 6) is -1.03. The van der Waals surface area contributed by atoms with Crippen LogP contribution in [-0.4, -0.2) is 38.9 Å². The van der Waals surface area contributed by atoms with Gasteiger partial charge in [0.2, 0.25) is 5.91 Å². The molecule has 39 heavy (non-hydrogen) atoms. The van der Waals surface area contributed by atoms with Crippen molar-refractivity contribution in [2.45, 2.75) is 24.5 Å². The van der Waals surface area contributed by atoms with Crippen molar-refractivity contribution in [1.29, 1.82) is 0 Å². The molecule has 0 spiro atoms. The molecule has 7 nitrogen and oxygen atoms in total. The van der Waals surface area contributed by atoms with Gasteiger partial charge in [-0.3, -0.25) is 14.2 Å². The third kappa shape index (κ3) is 5.91. The van der Waals surface area contributed by atoms with Crippen LogP contribution in [0.4, 0.5) is 10.1 Å². The summed E-state index contributed by atoms with van der Waals surface area (Å²) >= 11 is 19.6. The molecule has 4 aromatic rings. The second-order valence-corrected chi connectivity index (χ2v) is 10.8. The quantitative estimate of drug-likeness (QED) is 0.248. The summed E-state index contributed by atoms with van der Waals surface area (Å²) in [7, 11) is 0. The average molecular weight is 605 g/mol. The topological polar surface area (TPSA) is 80.1 Å². The van der Waals surface area contributed by atoms with Gasteiger partial charge < -0.3 is 10.2 Å². The molecule has 1 aliphatic heterocycles. The van der Waals surface area contributed by atoms with Crippen molar-refractivity contribution in [2.75, 3.05) is 17.2 Å². The fourth-order valence-electron chi connectivity index (χ4n) is 4.35. The normalized spacial score (nSPS) is 12.8. The molecule has 0 unspecified atom stereocenters. The maximum absolute atomic E-state index is 14.2. The molecule has 0 atom stereocenters. The highest BCUT2D eigenvalue weighted by Gasteiger charge is 2.24. The highest BCUT2D eigenvalue weighted by molar-refractivity contribution is 7.99. The molecule has 2 amide bonds. The Hall–Kier alpha value is -3.11. The summed E-state index contributed by atoms with van der Waals surface area (Å²) in [4.78, 5) is 27.7. The number of rotatable bonds is 7. The van der Waals surface area contributed by atoms with E-state index in [0.29, 0.717) is 33.3 Å². The zero-order valence-electron chi connectivity index (χ0n) is 20.3. The van der Waals surface area contributed by atoms with Crippen molar-refractivity contribution in [3.63, 3.8) is 0 Å². The SMILES string of the molecule is O=C(NCc1nnc(SCC(=O)N2CCCc3ccccc32)n1-c1ccc(Cl)c(Cl)c1)c1c(F)cccc1Cl. The van der Waals surface area contributed by atoms with E-state index >= 15 is 0 Å². The van der Waals surface area contributed by atoms with Crippen LogP contribution in [0.25, 0.3) is 5.69 Å². The Morgan fingerprint density at radius 3 is 2.59 bits per heavy atom. The Labute approximate surface area is 243 Å². The molecule has 1 aliphatic rings. The van der Waals surface area contributed by atoms with E-state index in [0.717, 1.165) is 30.2 Å². The number of hydrogen-bond donors (Lipinski definition) is 1. The first kappa shape index (κ1) is 27.5. The van der Waals surface area contributed by atoms with Gasteiger partial charge in [-0.15, -0.1) is 10.2 Å². The molecule has 1 aromatic heterocycles. The second-order valence-electron chi connectivity index (χ2n) is 8.68. The van der Waals surface area contributed by atoms with E-state index in [1.807, 2.05) is 24.3 Å². The lowest BCUT2D eigenvalue weighted by molar-refractivity contribution is -0.116. The molecule has 0 saturated carbocycles. The molecular weight excluding hydrogens is 584 g/mol. The fraction of sp³-hybridized carbons (Fsp3) is 0.185. The summed E-state index contributed by atoms with van der Waals surface area (Å²) in [6, 6.07) is 16.9. The van der Waals surface area contributed by atoms with Crippen LogP contribution in [0.5, 0.6) is 0 Å². The van der Waals surface area contributed by atoms with E-state index in [1.165, 1.54) is 23.9 Å². The van der Waals surface area contributed by atoms with E-state index < -0.39 is 11.7 Å². The zero-order chi connectivity index (χ0) is 27.5. The molecule has 200 valence electrons. The number of fused-ring (bicyclic) bond motifs is 1. The van der Waals surface area contributed by atoms with Gasteiger partial charge in [0, 0.05) is 12.2 Å². The van der Waals surface area contributed by atoms with Gasteiger partial charge in [-0.2, -0.15) is 0 Å². The van der Waals surface area contributed by atoms with Crippen molar-refractivity contribution in [3.05, 3.63) is 98.5 Å². The van der Waals surface area contributed by atoms with Gasteiger partial charge in [0.25, 0.3) is 5.91 Å². The largest absolute Gasteiger partial charge is 0.345 e. The highest BCUT2D eigenvalue weighted by atomic mass is 35.5. The molecular formula is C27H21Cl3FN5O2S. The number of carbonyl (C=O) groups is 2. The number of carbonyl (C=O) groups excluding carboxylic acids is 2. The maximum atomic E-state index is 14.2. The van der Waals surface area contributed by atoms with Gasteiger partial charge >= 0.3 is 0 Å². The number of anilines is 1. The predicted octanol–water partition coefficient (Wildman–Crippen LogP) is 6.37. The molecule has 5 rings (SSSR count). The minimum absolute atomic E-state index is 0.00695.